The fourth-order valence-corrected chi connectivity index (χ4v) is 3.93. The molecular weight excluding hydrogens is 286 g/mol. The Bertz CT molecular complexity index is 596. The molecule has 6 heteroatoms. The van der Waals surface area contributed by atoms with E-state index in [4.69, 9.17) is 0 Å². The molecule has 0 bridgehead atoms. The fraction of sp³-hybridized carbons (Fsp3) is 0.467. The van der Waals surface area contributed by atoms with Gasteiger partial charge in [-0.2, -0.15) is 0 Å². The second-order valence-electron chi connectivity index (χ2n) is 5.68. The third kappa shape index (κ3) is 2.22. The third-order valence-corrected chi connectivity index (χ3v) is 5.13. The molecule has 2 heterocycles. The van der Waals surface area contributed by atoms with E-state index in [0.717, 1.165) is 35.8 Å². The number of hydrogen-bond acceptors (Lipinski definition) is 4. The van der Waals surface area contributed by atoms with E-state index in [-0.39, 0.29) is 24.4 Å². The van der Waals surface area contributed by atoms with Gasteiger partial charge in [0, 0.05) is 17.7 Å². The number of benzene rings is 1. The smallest absolute Gasteiger partial charge is 0.247 e. The van der Waals surface area contributed by atoms with E-state index in [2.05, 4.69) is 5.32 Å². The first-order valence-electron chi connectivity index (χ1n) is 7.29. The van der Waals surface area contributed by atoms with Gasteiger partial charge in [0.25, 0.3) is 0 Å². The number of thioether (sulfide) groups is 1. The number of nitrogens with zero attached hydrogens (tertiary/aromatic N) is 2. The van der Waals surface area contributed by atoms with Gasteiger partial charge in [0.1, 0.15) is 6.54 Å². The van der Waals surface area contributed by atoms with Gasteiger partial charge in [0.2, 0.25) is 11.8 Å². The summed E-state index contributed by atoms with van der Waals surface area (Å²) in [6.45, 7) is 0.162. The van der Waals surface area contributed by atoms with Crippen LogP contribution in [0.1, 0.15) is 12.8 Å². The predicted molar refractivity (Wildman–Crippen MR) is 83.6 cm³/mol. The molecule has 3 aliphatic rings. The van der Waals surface area contributed by atoms with Gasteiger partial charge in [-0.3, -0.25) is 19.8 Å². The minimum Gasteiger partial charge on any atom is -0.306 e. The molecule has 0 radical (unpaired) electrons. The van der Waals surface area contributed by atoms with Gasteiger partial charge < -0.3 is 4.90 Å². The van der Waals surface area contributed by atoms with Crippen molar-refractivity contribution in [3.63, 3.8) is 0 Å². The normalized spacial score (nSPS) is 25.1. The summed E-state index contributed by atoms with van der Waals surface area (Å²) in [5.41, 5.74) is 1.75. The van der Waals surface area contributed by atoms with E-state index in [1.165, 1.54) is 0 Å². The van der Waals surface area contributed by atoms with Crippen molar-refractivity contribution in [3.8, 4) is 0 Å². The van der Waals surface area contributed by atoms with Crippen LogP contribution in [0, 0.1) is 0 Å². The van der Waals surface area contributed by atoms with Crippen molar-refractivity contribution in [2.45, 2.75) is 24.9 Å². The average Bonchev–Trinajstić information content (AvgIpc) is 3.18. The molecule has 5 nitrogen and oxygen atoms in total. The summed E-state index contributed by atoms with van der Waals surface area (Å²) in [6.07, 6.45) is 2.13. The molecule has 0 aromatic heterocycles. The maximum Gasteiger partial charge on any atom is 0.247 e. The molecule has 1 atom stereocenters. The molecule has 1 aromatic carbocycles. The van der Waals surface area contributed by atoms with Crippen LogP contribution in [0.15, 0.2) is 24.3 Å². The number of fused-ring (bicyclic) bond motifs is 1. The second-order valence-corrected chi connectivity index (χ2v) is 6.71. The minimum atomic E-state index is -0.177. The summed E-state index contributed by atoms with van der Waals surface area (Å²) < 4.78 is 0. The van der Waals surface area contributed by atoms with Crippen LogP contribution in [0.2, 0.25) is 0 Å². The van der Waals surface area contributed by atoms with Crippen LogP contribution in [0.4, 0.5) is 11.4 Å². The lowest BCUT2D eigenvalue weighted by Gasteiger charge is -2.37. The highest BCUT2D eigenvalue weighted by Crippen LogP contribution is 2.40. The second kappa shape index (κ2) is 5.03. The minimum absolute atomic E-state index is 0.0104. The topological polar surface area (TPSA) is 52.7 Å². The molecule has 2 amide bonds. The van der Waals surface area contributed by atoms with Crippen molar-refractivity contribution >= 4 is 35.0 Å². The first kappa shape index (κ1) is 13.2. The number of rotatable bonds is 2. The van der Waals surface area contributed by atoms with Gasteiger partial charge in [-0.15, -0.1) is 11.8 Å². The molecular formula is C15H17N3O2S. The van der Waals surface area contributed by atoms with E-state index in [9.17, 15) is 9.59 Å². The highest BCUT2D eigenvalue weighted by molar-refractivity contribution is 7.99. The van der Waals surface area contributed by atoms with Crippen LogP contribution in [-0.2, 0) is 9.59 Å². The summed E-state index contributed by atoms with van der Waals surface area (Å²) in [5, 5.41) is 3.19. The van der Waals surface area contributed by atoms with Crippen LogP contribution in [0.3, 0.4) is 0 Å². The van der Waals surface area contributed by atoms with E-state index >= 15 is 0 Å². The van der Waals surface area contributed by atoms with Crippen LogP contribution in [-0.4, -0.2) is 42.1 Å². The van der Waals surface area contributed by atoms with Crippen LogP contribution >= 0.6 is 11.8 Å². The molecule has 110 valence electrons. The van der Waals surface area contributed by atoms with Crippen molar-refractivity contribution in [1.82, 2.24) is 5.32 Å². The van der Waals surface area contributed by atoms with E-state index < -0.39 is 0 Å². The largest absolute Gasteiger partial charge is 0.306 e. The van der Waals surface area contributed by atoms with Gasteiger partial charge in [0.15, 0.2) is 0 Å². The molecule has 1 N–H and O–H groups in total. The van der Waals surface area contributed by atoms with Crippen LogP contribution in [0.5, 0.6) is 0 Å². The predicted octanol–water partition coefficient (Wildman–Crippen LogP) is 1.19. The standard InChI is InChI=1S/C15H17N3O2S/c19-14-7-17(15(20)11-8-21-9-16-11)12-3-1-2-4-13(12)18(14)10-5-6-10/h1-4,10-11,16H,5-9H2. The molecule has 21 heavy (non-hydrogen) atoms. The summed E-state index contributed by atoms with van der Waals surface area (Å²) in [4.78, 5) is 28.7. The molecule has 1 aliphatic carbocycles. The maximum absolute atomic E-state index is 12.7. The molecule has 1 saturated heterocycles. The first-order chi connectivity index (χ1) is 10.3. The molecule has 1 saturated carbocycles. The Morgan fingerprint density at radius 2 is 2.00 bits per heavy atom. The highest BCUT2D eigenvalue weighted by atomic mass is 32.2. The summed E-state index contributed by atoms with van der Waals surface area (Å²) in [5.74, 6) is 1.62. The van der Waals surface area contributed by atoms with E-state index in [1.807, 2.05) is 29.2 Å². The molecule has 1 unspecified atom stereocenters. The monoisotopic (exact) mass is 303 g/mol. The van der Waals surface area contributed by atoms with Crippen molar-refractivity contribution in [2.75, 3.05) is 28.0 Å². The highest BCUT2D eigenvalue weighted by Gasteiger charge is 2.41. The quantitative estimate of drug-likeness (QED) is 0.892. The number of hydrogen-bond donors (Lipinski definition) is 1. The zero-order chi connectivity index (χ0) is 14.4. The van der Waals surface area contributed by atoms with Crippen molar-refractivity contribution in [3.05, 3.63) is 24.3 Å². The summed E-state index contributed by atoms with van der Waals surface area (Å²) in [7, 11) is 0. The lowest BCUT2D eigenvalue weighted by atomic mass is 10.1. The first-order valence-corrected chi connectivity index (χ1v) is 8.45. The zero-order valence-electron chi connectivity index (χ0n) is 11.6. The number of carbonyl (C=O) groups is 2. The number of carbonyl (C=O) groups excluding carboxylic acids is 2. The fourth-order valence-electron chi connectivity index (χ4n) is 3.00. The Hall–Kier alpha value is -1.53. The molecule has 2 aliphatic heterocycles. The number of amides is 2. The number of anilines is 2. The van der Waals surface area contributed by atoms with Gasteiger partial charge in [-0.05, 0) is 25.0 Å². The number of para-hydroxylation sites is 2. The third-order valence-electron chi connectivity index (χ3n) is 4.19. The molecule has 1 aromatic rings. The Morgan fingerprint density at radius 1 is 1.24 bits per heavy atom. The zero-order valence-corrected chi connectivity index (χ0v) is 12.4. The maximum atomic E-state index is 12.7. The van der Waals surface area contributed by atoms with Crippen molar-refractivity contribution in [2.24, 2.45) is 0 Å². The Kier molecular flexibility index (Phi) is 3.15. The number of nitrogens with one attached hydrogen (secondary N) is 1. The Labute approximate surface area is 127 Å². The lowest BCUT2D eigenvalue weighted by Crippen LogP contribution is -2.53. The average molecular weight is 303 g/mol. The lowest BCUT2D eigenvalue weighted by molar-refractivity contribution is -0.123. The van der Waals surface area contributed by atoms with Gasteiger partial charge >= 0.3 is 0 Å². The van der Waals surface area contributed by atoms with E-state index in [0.29, 0.717) is 6.04 Å². The molecule has 4 rings (SSSR count). The Morgan fingerprint density at radius 3 is 2.67 bits per heavy atom. The van der Waals surface area contributed by atoms with Crippen molar-refractivity contribution in [1.29, 1.82) is 0 Å². The van der Waals surface area contributed by atoms with Gasteiger partial charge in [-0.1, -0.05) is 12.1 Å². The Balaban J connectivity index is 1.70. The van der Waals surface area contributed by atoms with E-state index in [1.54, 1.807) is 16.7 Å². The summed E-state index contributed by atoms with van der Waals surface area (Å²) >= 11 is 1.72. The molecule has 0 spiro atoms. The van der Waals surface area contributed by atoms with Gasteiger partial charge in [-0.25, -0.2) is 0 Å². The van der Waals surface area contributed by atoms with Crippen molar-refractivity contribution < 1.29 is 9.59 Å². The van der Waals surface area contributed by atoms with Gasteiger partial charge in [0.05, 0.1) is 17.4 Å². The summed E-state index contributed by atoms with van der Waals surface area (Å²) in [6, 6.07) is 7.90. The SMILES string of the molecule is O=C(C1CSCN1)N1CC(=O)N(C2CC2)c2ccccc21. The van der Waals surface area contributed by atoms with Crippen LogP contribution < -0.4 is 15.1 Å². The van der Waals surface area contributed by atoms with Crippen LogP contribution in [0.25, 0.3) is 0 Å². The molecule has 2 fully saturated rings.